The maximum Gasteiger partial charge on any atom is 0.343 e. The van der Waals surface area contributed by atoms with Crippen LogP contribution in [-0.4, -0.2) is 25.8 Å². The van der Waals surface area contributed by atoms with Crippen molar-refractivity contribution in [2.75, 3.05) is 0 Å². The van der Waals surface area contributed by atoms with Crippen LogP contribution in [0.4, 0.5) is 5.69 Å². The second kappa shape index (κ2) is 5.23. The molecule has 0 amide bonds. The number of rotatable bonds is 4. The Labute approximate surface area is 119 Å². The average molecular weight is 291 g/mol. The topological polar surface area (TPSA) is 107 Å². The van der Waals surface area contributed by atoms with Crippen LogP contribution < -0.4 is 4.74 Å². The van der Waals surface area contributed by atoms with Crippen LogP contribution in [0.5, 0.6) is 11.6 Å². The van der Waals surface area contributed by atoms with Gasteiger partial charge in [0.05, 0.1) is 10.6 Å². The van der Waals surface area contributed by atoms with E-state index >= 15 is 0 Å². The van der Waals surface area contributed by atoms with Crippen molar-refractivity contribution in [1.29, 1.82) is 0 Å². The van der Waals surface area contributed by atoms with Gasteiger partial charge in [0.15, 0.2) is 0 Å². The molecule has 21 heavy (non-hydrogen) atoms. The van der Waals surface area contributed by atoms with Gasteiger partial charge in [0, 0.05) is 19.2 Å². The maximum absolute atomic E-state index is 11.3. The molecule has 0 aliphatic heterocycles. The van der Waals surface area contributed by atoms with Gasteiger partial charge in [-0.15, -0.1) is 0 Å². The normalized spacial score (nSPS) is 10.4. The number of hydrogen-bond donors (Lipinski definition) is 1. The molecule has 0 saturated carbocycles. The van der Waals surface area contributed by atoms with E-state index in [9.17, 15) is 20.0 Å². The van der Waals surface area contributed by atoms with E-state index in [2.05, 4.69) is 5.10 Å². The highest BCUT2D eigenvalue weighted by atomic mass is 16.6. The molecule has 0 spiro atoms. The molecular formula is C13H13N3O5. The molecule has 0 atom stereocenters. The fraction of sp³-hybridized carbons (Fsp3) is 0.231. The first kappa shape index (κ1) is 14.5. The number of non-ortho nitro benzene ring substituents is 1. The summed E-state index contributed by atoms with van der Waals surface area (Å²) in [6.45, 7) is 3.21. The number of nitro benzene ring substituents is 1. The Hall–Kier alpha value is -2.90. The van der Waals surface area contributed by atoms with Gasteiger partial charge >= 0.3 is 5.97 Å². The number of nitro groups is 1. The number of nitrogens with zero attached hydrogens (tertiary/aromatic N) is 3. The third-order valence-electron chi connectivity index (χ3n) is 2.96. The van der Waals surface area contributed by atoms with Crippen molar-refractivity contribution in [3.63, 3.8) is 0 Å². The predicted octanol–water partition coefficient (Wildman–Crippen LogP) is 2.44. The van der Waals surface area contributed by atoms with Crippen molar-refractivity contribution in [2.24, 2.45) is 7.05 Å². The maximum atomic E-state index is 11.3. The largest absolute Gasteiger partial charge is 0.477 e. The molecule has 8 nitrogen and oxygen atoms in total. The van der Waals surface area contributed by atoms with Gasteiger partial charge in [-0.1, -0.05) is 0 Å². The third kappa shape index (κ3) is 2.69. The SMILES string of the molecule is Cc1cc([N+](=O)[O-])ccc1Oc1c(C(=O)O)c(C)nn1C. The Balaban J connectivity index is 2.44. The van der Waals surface area contributed by atoms with Crippen molar-refractivity contribution in [3.8, 4) is 11.6 Å². The lowest BCUT2D eigenvalue weighted by atomic mass is 10.2. The zero-order valence-corrected chi connectivity index (χ0v) is 11.7. The van der Waals surface area contributed by atoms with Gasteiger partial charge in [0.1, 0.15) is 11.3 Å². The van der Waals surface area contributed by atoms with Crippen molar-refractivity contribution >= 4 is 11.7 Å². The number of carboxylic acids is 1. The minimum atomic E-state index is -1.14. The monoisotopic (exact) mass is 291 g/mol. The number of carboxylic acid groups (broad SMARTS) is 1. The van der Waals surface area contributed by atoms with Gasteiger partial charge in [-0.3, -0.25) is 10.1 Å². The molecule has 1 heterocycles. The third-order valence-corrected chi connectivity index (χ3v) is 2.96. The van der Waals surface area contributed by atoms with E-state index < -0.39 is 10.9 Å². The van der Waals surface area contributed by atoms with E-state index in [1.54, 1.807) is 20.9 Å². The number of aromatic carboxylic acids is 1. The molecule has 1 N–H and O–H groups in total. The summed E-state index contributed by atoms with van der Waals surface area (Å²) in [5.41, 5.74) is 0.772. The molecule has 2 rings (SSSR count). The van der Waals surface area contributed by atoms with E-state index in [0.29, 0.717) is 17.0 Å². The molecule has 1 aromatic heterocycles. The van der Waals surface area contributed by atoms with Crippen LogP contribution in [0.25, 0.3) is 0 Å². The van der Waals surface area contributed by atoms with Gasteiger partial charge in [0.2, 0.25) is 5.88 Å². The lowest BCUT2D eigenvalue weighted by Crippen LogP contribution is -2.02. The van der Waals surface area contributed by atoms with Crippen molar-refractivity contribution in [3.05, 3.63) is 45.1 Å². The van der Waals surface area contributed by atoms with Crippen molar-refractivity contribution < 1.29 is 19.6 Å². The van der Waals surface area contributed by atoms with Crippen LogP contribution in [0.1, 0.15) is 21.6 Å². The highest BCUT2D eigenvalue weighted by Crippen LogP contribution is 2.31. The standard InChI is InChI=1S/C13H13N3O5/c1-7-6-9(16(19)20)4-5-10(7)21-12-11(13(17)18)8(2)14-15(12)3/h4-6H,1-3H3,(H,17,18). The minimum absolute atomic E-state index is 0.0322. The average Bonchev–Trinajstić information content (AvgIpc) is 2.66. The van der Waals surface area contributed by atoms with E-state index in [-0.39, 0.29) is 17.1 Å². The quantitative estimate of drug-likeness (QED) is 0.684. The minimum Gasteiger partial charge on any atom is -0.477 e. The molecule has 0 aliphatic carbocycles. The molecule has 0 unspecified atom stereocenters. The first-order valence-electron chi connectivity index (χ1n) is 6.01. The second-order valence-corrected chi connectivity index (χ2v) is 4.50. The number of aryl methyl sites for hydroxylation is 3. The fourth-order valence-corrected chi connectivity index (χ4v) is 1.97. The van der Waals surface area contributed by atoms with Gasteiger partial charge in [-0.05, 0) is 25.5 Å². The lowest BCUT2D eigenvalue weighted by molar-refractivity contribution is -0.384. The molecule has 0 aliphatic rings. The molecular weight excluding hydrogens is 278 g/mol. The van der Waals surface area contributed by atoms with E-state index in [4.69, 9.17) is 4.74 Å². The van der Waals surface area contributed by atoms with E-state index in [1.807, 2.05) is 0 Å². The zero-order valence-electron chi connectivity index (χ0n) is 11.7. The first-order valence-corrected chi connectivity index (χ1v) is 6.01. The van der Waals surface area contributed by atoms with Crippen molar-refractivity contribution in [2.45, 2.75) is 13.8 Å². The van der Waals surface area contributed by atoms with Crippen LogP contribution in [0.2, 0.25) is 0 Å². The van der Waals surface area contributed by atoms with Gasteiger partial charge in [0.25, 0.3) is 5.69 Å². The predicted molar refractivity (Wildman–Crippen MR) is 72.8 cm³/mol. The molecule has 8 heteroatoms. The van der Waals surface area contributed by atoms with Gasteiger partial charge < -0.3 is 9.84 Å². The molecule has 110 valence electrons. The number of carbonyl (C=O) groups is 1. The van der Waals surface area contributed by atoms with Crippen LogP contribution in [-0.2, 0) is 7.05 Å². The molecule has 0 saturated heterocycles. The van der Waals surface area contributed by atoms with Crippen LogP contribution in [0, 0.1) is 24.0 Å². The van der Waals surface area contributed by atoms with Crippen LogP contribution in [0.3, 0.4) is 0 Å². The van der Waals surface area contributed by atoms with E-state index in [1.165, 1.54) is 22.9 Å². The van der Waals surface area contributed by atoms with Crippen LogP contribution >= 0.6 is 0 Å². The smallest absolute Gasteiger partial charge is 0.343 e. The highest BCUT2D eigenvalue weighted by molar-refractivity contribution is 5.91. The summed E-state index contributed by atoms with van der Waals surface area (Å²) in [7, 11) is 1.56. The molecule has 0 radical (unpaired) electrons. The summed E-state index contributed by atoms with van der Waals surface area (Å²) in [6.07, 6.45) is 0. The molecule has 0 bridgehead atoms. The highest BCUT2D eigenvalue weighted by Gasteiger charge is 2.22. The second-order valence-electron chi connectivity index (χ2n) is 4.50. The zero-order chi connectivity index (χ0) is 15.7. The number of ether oxygens (including phenoxy) is 1. The first-order chi connectivity index (χ1) is 9.81. The number of hydrogen-bond acceptors (Lipinski definition) is 5. The summed E-state index contributed by atoms with van der Waals surface area (Å²) in [5.74, 6) is -0.724. The molecule has 0 fully saturated rings. The molecule has 2 aromatic rings. The Kier molecular flexibility index (Phi) is 3.62. The van der Waals surface area contributed by atoms with E-state index in [0.717, 1.165) is 0 Å². The number of aromatic nitrogens is 2. The summed E-state index contributed by atoms with van der Waals surface area (Å²) in [5, 5.41) is 23.9. The summed E-state index contributed by atoms with van der Waals surface area (Å²) >= 11 is 0. The summed E-state index contributed by atoms with van der Waals surface area (Å²) in [6, 6.07) is 4.09. The Morgan fingerprint density at radius 3 is 2.62 bits per heavy atom. The summed E-state index contributed by atoms with van der Waals surface area (Å²) in [4.78, 5) is 21.4. The van der Waals surface area contributed by atoms with Gasteiger partial charge in [-0.2, -0.15) is 5.10 Å². The summed E-state index contributed by atoms with van der Waals surface area (Å²) < 4.78 is 6.90. The van der Waals surface area contributed by atoms with Crippen molar-refractivity contribution in [1.82, 2.24) is 9.78 Å². The Bertz CT molecular complexity index is 736. The lowest BCUT2D eigenvalue weighted by Gasteiger charge is -2.09. The Morgan fingerprint density at radius 2 is 2.10 bits per heavy atom. The number of benzene rings is 1. The van der Waals surface area contributed by atoms with Crippen LogP contribution in [0.15, 0.2) is 18.2 Å². The van der Waals surface area contributed by atoms with Gasteiger partial charge in [-0.25, -0.2) is 9.48 Å². The Morgan fingerprint density at radius 1 is 1.43 bits per heavy atom. The molecule has 1 aromatic carbocycles. The fourth-order valence-electron chi connectivity index (χ4n) is 1.97.